The average molecular weight is 211 g/mol. The highest BCUT2D eigenvalue weighted by molar-refractivity contribution is 5.95. The Morgan fingerprint density at radius 3 is 3.00 bits per heavy atom. The fraction of sp³-hybridized carbons (Fsp3) is 0.455. The third-order valence-electron chi connectivity index (χ3n) is 1.92. The number of aromatic nitrogens is 1. The lowest BCUT2D eigenvalue weighted by molar-refractivity contribution is 0.0946. The summed E-state index contributed by atoms with van der Waals surface area (Å²) in [4.78, 5) is 15.1. The molecule has 0 amide bonds. The summed E-state index contributed by atoms with van der Waals surface area (Å²) in [6.07, 6.45) is 3.48. The van der Waals surface area contributed by atoms with Crippen LogP contribution in [0.25, 0.3) is 0 Å². The summed E-state index contributed by atoms with van der Waals surface area (Å²) < 4.78 is 17.8. The molecule has 0 spiro atoms. The molecule has 1 aromatic heterocycles. The Hall–Kier alpha value is -1.29. The first kappa shape index (κ1) is 11.8. The molecule has 1 aromatic rings. The predicted molar refractivity (Wildman–Crippen MR) is 54.3 cm³/mol. The zero-order chi connectivity index (χ0) is 11.1. The molecule has 0 aromatic carbocycles. The van der Waals surface area contributed by atoms with Crippen LogP contribution in [0.3, 0.4) is 0 Å². The van der Waals surface area contributed by atoms with Gasteiger partial charge in [-0.3, -0.25) is 9.78 Å². The molecule has 0 fully saturated rings. The van der Waals surface area contributed by atoms with Crippen molar-refractivity contribution in [3.63, 3.8) is 0 Å². The minimum atomic E-state index is -0.481. The highest BCUT2D eigenvalue weighted by Gasteiger charge is 2.06. The molecule has 3 nitrogen and oxygen atoms in total. The Morgan fingerprint density at radius 1 is 1.53 bits per heavy atom. The van der Waals surface area contributed by atoms with Crippen LogP contribution in [0.4, 0.5) is 4.39 Å². The van der Waals surface area contributed by atoms with Crippen LogP contribution >= 0.6 is 0 Å². The molecule has 0 atom stereocenters. The van der Waals surface area contributed by atoms with Crippen molar-refractivity contribution in [3.8, 4) is 0 Å². The maximum atomic E-state index is 12.7. The van der Waals surface area contributed by atoms with Gasteiger partial charge in [-0.15, -0.1) is 0 Å². The zero-order valence-corrected chi connectivity index (χ0v) is 8.70. The molecule has 0 aliphatic heterocycles. The van der Waals surface area contributed by atoms with Crippen LogP contribution in [0.5, 0.6) is 0 Å². The molecule has 0 N–H and O–H groups in total. The second-order valence-electron chi connectivity index (χ2n) is 3.12. The Morgan fingerprint density at radius 2 is 2.33 bits per heavy atom. The molecule has 0 saturated carbocycles. The number of pyridine rings is 1. The lowest BCUT2D eigenvalue weighted by Crippen LogP contribution is -2.03. The first-order chi connectivity index (χ1) is 7.24. The monoisotopic (exact) mass is 211 g/mol. The van der Waals surface area contributed by atoms with E-state index in [1.54, 1.807) is 0 Å². The van der Waals surface area contributed by atoms with Gasteiger partial charge in [0, 0.05) is 31.4 Å². The maximum absolute atomic E-state index is 12.7. The van der Waals surface area contributed by atoms with Crippen molar-refractivity contribution in [1.82, 2.24) is 4.98 Å². The molecule has 0 saturated heterocycles. The van der Waals surface area contributed by atoms with Gasteiger partial charge in [-0.2, -0.15) is 0 Å². The molecule has 0 bridgehead atoms. The van der Waals surface area contributed by atoms with Crippen LogP contribution < -0.4 is 0 Å². The van der Waals surface area contributed by atoms with Crippen molar-refractivity contribution in [1.29, 1.82) is 0 Å². The van der Waals surface area contributed by atoms with Gasteiger partial charge in [-0.1, -0.05) is 0 Å². The van der Waals surface area contributed by atoms with Gasteiger partial charge in [0.2, 0.25) is 0 Å². The fourth-order valence-electron chi connectivity index (χ4n) is 1.19. The number of halogens is 1. The van der Waals surface area contributed by atoms with E-state index in [1.165, 1.54) is 12.3 Å². The highest BCUT2D eigenvalue weighted by Crippen LogP contribution is 2.06. The fourth-order valence-corrected chi connectivity index (χ4v) is 1.19. The van der Waals surface area contributed by atoms with E-state index in [2.05, 4.69) is 4.98 Å². The largest absolute Gasteiger partial charge is 0.382 e. The van der Waals surface area contributed by atoms with E-state index in [-0.39, 0.29) is 5.78 Å². The number of nitrogens with zero attached hydrogens (tertiary/aromatic N) is 1. The van der Waals surface area contributed by atoms with Crippen molar-refractivity contribution in [2.75, 3.05) is 13.2 Å². The Kier molecular flexibility index (Phi) is 4.90. The van der Waals surface area contributed by atoms with Gasteiger partial charge >= 0.3 is 0 Å². The summed E-state index contributed by atoms with van der Waals surface area (Å²) in [5.74, 6) is -0.577. The molecule has 0 aliphatic carbocycles. The normalized spacial score (nSPS) is 10.3. The van der Waals surface area contributed by atoms with Crippen LogP contribution in [0.2, 0.25) is 0 Å². The number of ketones is 1. The standard InChI is InChI=1S/C11H14FNO2/c1-2-15-5-3-4-11(14)9-6-10(12)8-13-7-9/h6-8H,2-5H2,1H3. The van der Waals surface area contributed by atoms with E-state index in [4.69, 9.17) is 4.74 Å². The molecular formula is C11H14FNO2. The van der Waals surface area contributed by atoms with Gasteiger partial charge in [-0.25, -0.2) is 4.39 Å². The molecule has 1 rings (SSSR count). The summed E-state index contributed by atoms with van der Waals surface area (Å²) in [5.41, 5.74) is 0.325. The summed E-state index contributed by atoms with van der Waals surface area (Å²) >= 11 is 0. The second kappa shape index (κ2) is 6.24. The predicted octanol–water partition coefficient (Wildman–Crippen LogP) is 2.22. The quantitative estimate of drug-likeness (QED) is 0.535. The topological polar surface area (TPSA) is 39.2 Å². The molecule has 0 radical (unpaired) electrons. The maximum Gasteiger partial charge on any atom is 0.164 e. The molecule has 1 heterocycles. The third-order valence-corrected chi connectivity index (χ3v) is 1.92. The van der Waals surface area contributed by atoms with Crippen molar-refractivity contribution in [2.45, 2.75) is 19.8 Å². The highest BCUT2D eigenvalue weighted by atomic mass is 19.1. The van der Waals surface area contributed by atoms with E-state index in [9.17, 15) is 9.18 Å². The Bertz CT molecular complexity index is 328. The smallest absolute Gasteiger partial charge is 0.164 e. The van der Waals surface area contributed by atoms with Crippen LogP contribution in [-0.4, -0.2) is 24.0 Å². The summed E-state index contributed by atoms with van der Waals surface area (Å²) in [7, 11) is 0. The number of carbonyl (C=O) groups excluding carboxylic acids is 1. The number of rotatable bonds is 6. The summed E-state index contributed by atoms with van der Waals surface area (Å²) in [6, 6.07) is 1.20. The minimum absolute atomic E-state index is 0.0956. The molecule has 4 heteroatoms. The Balaban J connectivity index is 2.40. The SMILES string of the molecule is CCOCCCC(=O)c1cncc(F)c1. The Labute approximate surface area is 88.3 Å². The molecule has 82 valence electrons. The van der Waals surface area contributed by atoms with Crippen LogP contribution in [0, 0.1) is 5.82 Å². The molecule has 0 aliphatic rings. The van der Waals surface area contributed by atoms with E-state index in [0.717, 1.165) is 6.20 Å². The van der Waals surface area contributed by atoms with E-state index >= 15 is 0 Å². The van der Waals surface area contributed by atoms with E-state index in [0.29, 0.717) is 31.6 Å². The lowest BCUT2D eigenvalue weighted by Gasteiger charge is -2.01. The summed E-state index contributed by atoms with van der Waals surface area (Å²) in [5, 5.41) is 0. The third kappa shape index (κ3) is 4.16. The van der Waals surface area contributed by atoms with Crippen LogP contribution in [0.15, 0.2) is 18.5 Å². The number of Topliss-reactive ketones (excluding diaryl/α,β-unsaturated/α-hetero) is 1. The number of ether oxygens (including phenoxy) is 1. The lowest BCUT2D eigenvalue weighted by atomic mass is 10.1. The number of hydrogen-bond donors (Lipinski definition) is 0. The van der Waals surface area contributed by atoms with Gasteiger partial charge in [0.1, 0.15) is 5.82 Å². The number of carbonyl (C=O) groups is 1. The van der Waals surface area contributed by atoms with Gasteiger partial charge in [0.05, 0.1) is 6.20 Å². The first-order valence-corrected chi connectivity index (χ1v) is 4.95. The average Bonchev–Trinajstić information content (AvgIpc) is 2.24. The van der Waals surface area contributed by atoms with Gasteiger partial charge < -0.3 is 4.74 Å². The number of hydrogen-bond acceptors (Lipinski definition) is 3. The zero-order valence-electron chi connectivity index (χ0n) is 8.70. The van der Waals surface area contributed by atoms with Crippen molar-refractivity contribution in [2.24, 2.45) is 0 Å². The molecule has 15 heavy (non-hydrogen) atoms. The second-order valence-corrected chi connectivity index (χ2v) is 3.12. The van der Waals surface area contributed by atoms with E-state index < -0.39 is 5.82 Å². The van der Waals surface area contributed by atoms with Gasteiger partial charge in [0.25, 0.3) is 0 Å². The van der Waals surface area contributed by atoms with Crippen molar-refractivity contribution < 1.29 is 13.9 Å². The molecular weight excluding hydrogens is 197 g/mol. The van der Waals surface area contributed by atoms with Crippen molar-refractivity contribution >= 4 is 5.78 Å². The van der Waals surface area contributed by atoms with Crippen LogP contribution in [0.1, 0.15) is 30.1 Å². The van der Waals surface area contributed by atoms with E-state index in [1.807, 2.05) is 6.92 Å². The van der Waals surface area contributed by atoms with Crippen molar-refractivity contribution in [3.05, 3.63) is 29.8 Å². The first-order valence-electron chi connectivity index (χ1n) is 4.95. The molecule has 0 unspecified atom stereocenters. The van der Waals surface area contributed by atoms with Crippen LogP contribution in [-0.2, 0) is 4.74 Å². The van der Waals surface area contributed by atoms with Gasteiger partial charge in [-0.05, 0) is 19.4 Å². The van der Waals surface area contributed by atoms with Gasteiger partial charge in [0.15, 0.2) is 5.78 Å². The summed E-state index contributed by atoms with van der Waals surface area (Å²) in [6.45, 7) is 3.11. The minimum Gasteiger partial charge on any atom is -0.382 e.